The molecule has 94 valence electrons. The fourth-order valence-electron chi connectivity index (χ4n) is 1.68. The van der Waals surface area contributed by atoms with Gasteiger partial charge in [0, 0.05) is 32.1 Å². The van der Waals surface area contributed by atoms with Gasteiger partial charge in [0.2, 0.25) is 5.95 Å². The third-order valence-corrected chi connectivity index (χ3v) is 2.50. The second-order valence-electron chi connectivity index (χ2n) is 3.87. The van der Waals surface area contributed by atoms with Crippen LogP contribution >= 0.6 is 0 Å². The summed E-state index contributed by atoms with van der Waals surface area (Å²) in [5, 5.41) is 16.8. The number of hydrogen-bond donors (Lipinski definition) is 1. The zero-order valence-corrected chi connectivity index (χ0v) is 10.1. The fraction of sp³-hybridized carbons (Fsp3) is 0.273. The molecule has 0 spiro atoms. The van der Waals surface area contributed by atoms with Gasteiger partial charge in [0.15, 0.2) is 5.82 Å². The lowest BCUT2D eigenvalue weighted by Crippen LogP contribution is -2.27. The van der Waals surface area contributed by atoms with Gasteiger partial charge in [-0.2, -0.15) is 0 Å². The monoisotopic (exact) mass is 247 g/mol. The second kappa shape index (κ2) is 4.82. The number of carbonyl (C=O) groups is 1. The van der Waals surface area contributed by atoms with Crippen molar-refractivity contribution in [2.75, 3.05) is 18.5 Å². The third kappa shape index (κ3) is 2.29. The largest absolute Gasteiger partial charge is 0.480 e. The lowest BCUT2D eigenvalue weighted by atomic mass is 10.2. The van der Waals surface area contributed by atoms with E-state index in [0.29, 0.717) is 11.8 Å². The van der Waals surface area contributed by atoms with Crippen LogP contribution in [0.25, 0.3) is 11.4 Å². The Hall–Kier alpha value is -2.44. The van der Waals surface area contributed by atoms with Gasteiger partial charge in [0.1, 0.15) is 6.54 Å². The minimum atomic E-state index is -0.911. The third-order valence-electron chi connectivity index (χ3n) is 2.50. The number of likely N-dealkylation sites (N-methyl/N-ethyl adjacent to an activating group) is 1. The van der Waals surface area contributed by atoms with Crippen LogP contribution in [-0.2, 0) is 11.8 Å². The van der Waals surface area contributed by atoms with Crippen molar-refractivity contribution in [3.05, 3.63) is 24.5 Å². The lowest BCUT2D eigenvalue weighted by Gasteiger charge is -2.14. The molecule has 0 fully saturated rings. The first-order valence-electron chi connectivity index (χ1n) is 5.32. The highest BCUT2D eigenvalue weighted by Gasteiger charge is 2.15. The van der Waals surface area contributed by atoms with Crippen molar-refractivity contribution in [3.63, 3.8) is 0 Å². The molecule has 0 amide bonds. The molecule has 2 aromatic rings. The van der Waals surface area contributed by atoms with E-state index in [1.807, 2.05) is 12.1 Å². The lowest BCUT2D eigenvalue weighted by molar-refractivity contribution is -0.135. The molecule has 2 heterocycles. The Labute approximate surface area is 104 Å². The molecular formula is C11H13N5O2. The van der Waals surface area contributed by atoms with E-state index < -0.39 is 5.97 Å². The molecule has 18 heavy (non-hydrogen) atoms. The zero-order valence-electron chi connectivity index (χ0n) is 10.1. The second-order valence-corrected chi connectivity index (χ2v) is 3.87. The minimum absolute atomic E-state index is 0.123. The molecule has 0 saturated heterocycles. The number of hydrogen-bond acceptors (Lipinski definition) is 5. The van der Waals surface area contributed by atoms with Crippen LogP contribution in [0, 0.1) is 0 Å². The zero-order chi connectivity index (χ0) is 13.1. The molecule has 0 atom stereocenters. The quantitative estimate of drug-likeness (QED) is 0.841. The van der Waals surface area contributed by atoms with E-state index in [1.165, 1.54) is 4.90 Å². The van der Waals surface area contributed by atoms with Crippen molar-refractivity contribution < 1.29 is 9.90 Å². The number of carboxylic acids is 1. The van der Waals surface area contributed by atoms with Crippen molar-refractivity contribution in [2.45, 2.75) is 0 Å². The summed E-state index contributed by atoms with van der Waals surface area (Å²) in [6.07, 6.45) is 3.34. The van der Waals surface area contributed by atoms with E-state index in [9.17, 15) is 4.79 Å². The normalized spacial score (nSPS) is 10.3. The first-order chi connectivity index (χ1) is 8.59. The van der Waals surface area contributed by atoms with E-state index >= 15 is 0 Å². The van der Waals surface area contributed by atoms with Gasteiger partial charge in [0.05, 0.1) is 0 Å². The topological polar surface area (TPSA) is 84.1 Å². The van der Waals surface area contributed by atoms with E-state index in [4.69, 9.17) is 5.11 Å². The molecule has 7 nitrogen and oxygen atoms in total. The first kappa shape index (κ1) is 12.0. The van der Waals surface area contributed by atoms with Crippen LogP contribution in [0.4, 0.5) is 5.95 Å². The van der Waals surface area contributed by atoms with Crippen molar-refractivity contribution in [3.8, 4) is 11.4 Å². The van der Waals surface area contributed by atoms with Gasteiger partial charge in [-0.15, -0.1) is 10.2 Å². The van der Waals surface area contributed by atoms with Crippen molar-refractivity contribution in [2.24, 2.45) is 7.05 Å². The van der Waals surface area contributed by atoms with E-state index in [1.54, 1.807) is 31.1 Å². The average molecular weight is 247 g/mol. The van der Waals surface area contributed by atoms with Crippen LogP contribution in [0.3, 0.4) is 0 Å². The molecule has 0 aliphatic carbocycles. The highest BCUT2D eigenvalue weighted by atomic mass is 16.4. The van der Waals surface area contributed by atoms with Crippen molar-refractivity contribution >= 4 is 11.9 Å². The molecule has 0 unspecified atom stereocenters. The van der Waals surface area contributed by atoms with Crippen molar-refractivity contribution in [1.82, 2.24) is 19.7 Å². The Balaban J connectivity index is 2.32. The minimum Gasteiger partial charge on any atom is -0.480 e. The maximum Gasteiger partial charge on any atom is 0.323 e. The van der Waals surface area contributed by atoms with Gasteiger partial charge < -0.3 is 10.0 Å². The SMILES string of the molecule is CN(CC(=O)O)c1nnc(-c2ccncc2)n1C. The van der Waals surface area contributed by atoms with Crippen LogP contribution in [0.15, 0.2) is 24.5 Å². The number of nitrogens with zero attached hydrogens (tertiary/aromatic N) is 5. The smallest absolute Gasteiger partial charge is 0.323 e. The van der Waals surface area contributed by atoms with E-state index in [0.717, 1.165) is 5.56 Å². The van der Waals surface area contributed by atoms with Gasteiger partial charge in [0.25, 0.3) is 0 Å². The van der Waals surface area contributed by atoms with Crippen LogP contribution < -0.4 is 4.90 Å². The number of pyridine rings is 1. The molecule has 0 aliphatic rings. The molecule has 1 N–H and O–H groups in total. The highest BCUT2D eigenvalue weighted by molar-refractivity contribution is 5.72. The molecular weight excluding hydrogens is 234 g/mol. The van der Waals surface area contributed by atoms with Gasteiger partial charge >= 0.3 is 5.97 Å². The maximum absolute atomic E-state index is 10.7. The average Bonchev–Trinajstić information content (AvgIpc) is 2.71. The number of rotatable bonds is 4. The summed E-state index contributed by atoms with van der Waals surface area (Å²) >= 11 is 0. The molecule has 7 heteroatoms. The predicted octanol–water partition coefficient (Wildman–Crippen LogP) is 0.398. The Morgan fingerprint density at radius 1 is 1.39 bits per heavy atom. The molecule has 0 radical (unpaired) electrons. The standard InChI is InChI=1S/C11H13N5O2/c1-15(7-9(17)18)11-14-13-10(16(11)2)8-3-5-12-6-4-8/h3-6H,7H2,1-2H3,(H,17,18). The number of aliphatic carboxylic acids is 1. The summed E-state index contributed by atoms with van der Waals surface area (Å²) in [6, 6.07) is 3.65. The maximum atomic E-state index is 10.7. The van der Waals surface area contributed by atoms with Crippen molar-refractivity contribution in [1.29, 1.82) is 0 Å². The Bertz CT molecular complexity index is 552. The molecule has 0 aromatic carbocycles. The highest BCUT2D eigenvalue weighted by Crippen LogP contribution is 2.19. The predicted molar refractivity (Wildman–Crippen MR) is 65.1 cm³/mol. The molecule has 2 rings (SSSR count). The van der Waals surface area contributed by atoms with E-state index in [-0.39, 0.29) is 6.54 Å². The number of carboxylic acid groups (broad SMARTS) is 1. The summed E-state index contributed by atoms with van der Waals surface area (Å²) in [5.41, 5.74) is 0.884. The van der Waals surface area contributed by atoms with Crippen LogP contribution in [-0.4, -0.2) is 44.4 Å². The summed E-state index contributed by atoms with van der Waals surface area (Å²) in [6.45, 7) is -0.123. The molecule has 2 aromatic heterocycles. The Morgan fingerprint density at radius 2 is 2.06 bits per heavy atom. The van der Waals surface area contributed by atoms with Gasteiger partial charge in [-0.05, 0) is 12.1 Å². The fourth-order valence-corrected chi connectivity index (χ4v) is 1.68. The summed E-state index contributed by atoms with van der Waals surface area (Å²) in [5.74, 6) is 0.264. The van der Waals surface area contributed by atoms with E-state index in [2.05, 4.69) is 15.2 Å². The van der Waals surface area contributed by atoms with Crippen LogP contribution in [0.2, 0.25) is 0 Å². The Morgan fingerprint density at radius 3 is 2.67 bits per heavy atom. The Kier molecular flexibility index (Phi) is 3.22. The van der Waals surface area contributed by atoms with Gasteiger partial charge in [-0.25, -0.2) is 0 Å². The molecule has 0 bridgehead atoms. The summed E-state index contributed by atoms with van der Waals surface area (Å²) in [4.78, 5) is 16.1. The van der Waals surface area contributed by atoms with Gasteiger partial charge in [-0.3, -0.25) is 14.3 Å². The number of anilines is 1. The van der Waals surface area contributed by atoms with Crippen LogP contribution in [0.1, 0.15) is 0 Å². The summed E-state index contributed by atoms with van der Waals surface area (Å²) in [7, 11) is 3.46. The van der Waals surface area contributed by atoms with Crippen LogP contribution in [0.5, 0.6) is 0 Å². The first-order valence-corrected chi connectivity index (χ1v) is 5.32. The van der Waals surface area contributed by atoms with Gasteiger partial charge in [-0.1, -0.05) is 0 Å². The molecule has 0 saturated carbocycles. The number of aromatic nitrogens is 4. The molecule has 0 aliphatic heterocycles. The summed E-state index contributed by atoms with van der Waals surface area (Å²) < 4.78 is 1.75.